The van der Waals surface area contributed by atoms with Crippen molar-refractivity contribution in [3.63, 3.8) is 0 Å². The van der Waals surface area contributed by atoms with E-state index in [0.29, 0.717) is 16.3 Å². The second-order valence-corrected chi connectivity index (χ2v) is 5.56. The van der Waals surface area contributed by atoms with Gasteiger partial charge in [-0.1, -0.05) is 29.8 Å². The van der Waals surface area contributed by atoms with Crippen molar-refractivity contribution in [2.75, 3.05) is 0 Å². The van der Waals surface area contributed by atoms with Gasteiger partial charge in [-0.15, -0.1) is 11.8 Å². The van der Waals surface area contributed by atoms with Gasteiger partial charge >= 0.3 is 0 Å². The molecule has 4 heteroatoms. The van der Waals surface area contributed by atoms with E-state index in [1.165, 1.54) is 12.1 Å². The third kappa shape index (κ3) is 3.82. The number of hydrogen-bond donors (Lipinski definition) is 0. The van der Waals surface area contributed by atoms with E-state index in [1.807, 2.05) is 12.1 Å². The highest BCUT2D eigenvalue weighted by Gasteiger charge is 2.04. The summed E-state index contributed by atoms with van der Waals surface area (Å²) in [5, 5.41) is 0.438. The van der Waals surface area contributed by atoms with Crippen LogP contribution in [-0.2, 0) is 5.75 Å². The fourth-order valence-corrected chi connectivity index (χ4v) is 2.80. The summed E-state index contributed by atoms with van der Waals surface area (Å²) in [6, 6.07) is 11.8. The Kier molecular flexibility index (Phi) is 4.61. The van der Waals surface area contributed by atoms with Crippen LogP contribution in [0, 0.1) is 5.82 Å². The third-order valence-electron chi connectivity index (χ3n) is 2.67. The molecule has 0 N–H and O–H groups in total. The van der Waals surface area contributed by atoms with Crippen molar-refractivity contribution in [1.29, 1.82) is 0 Å². The van der Waals surface area contributed by atoms with E-state index < -0.39 is 0 Å². The van der Waals surface area contributed by atoms with Crippen LogP contribution in [0.5, 0.6) is 0 Å². The van der Waals surface area contributed by atoms with Crippen molar-refractivity contribution in [2.45, 2.75) is 17.6 Å². The summed E-state index contributed by atoms with van der Waals surface area (Å²) >= 11 is 7.56. The largest absolute Gasteiger partial charge is 0.295 e. The molecule has 0 aliphatic rings. The van der Waals surface area contributed by atoms with Crippen LogP contribution in [0.25, 0.3) is 0 Å². The lowest BCUT2D eigenvalue weighted by Crippen LogP contribution is -1.90. The Balaban J connectivity index is 2.04. The Morgan fingerprint density at radius 3 is 2.47 bits per heavy atom. The van der Waals surface area contributed by atoms with Crippen molar-refractivity contribution in [3.05, 3.63) is 64.4 Å². The van der Waals surface area contributed by atoms with Gasteiger partial charge in [0.25, 0.3) is 0 Å². The molecule has 0 aliphatic heterocycles. The van der Waals surface area contributed by atoms with Crippen LogP contribution in [-0.4, -0.2) is 5.78 Å². The molecule has 98 valence electrons. The van der Waals surface area contributed by atoms with Gasteiger partial charge in [0.2, 0.25) is 0 Å². The molecule has 0 atom stereocenters. The fourth-order valence-electron chi connectivity index (χ4n) is 1.59. The minimum atomic E-state index is -0.329. The second-order valence-electron chi connectivity index (χ2n) is 4.10. The van der Waals surface area contributed by atoms with Gasteiger partial charge in [0.15, 0.2) is 5.78 Å². The first-order valence-electron chi connectivity index (χ1n) is 5.74. The summed E-state index contributed by atoms with van der Waals surface area (Å²) in [6.07, 6.45) is 0. The molecule has 2 rings (SSSR count). The van der Waals surface area contributed by atoms with Crippen molar-refractivity contribution in [1.82, 2.24) is 0 Å². The standard InChI is InChI=1S/C15H12ClFOS/c1-10(18)11-3-6-14(7-4-11)19-9-12-2-5-13(17)8-15(12)16/h2-8H,9H2,1H3. The van der Waals surface area contributed by atoms with Crippen LogP contribution < -0.4 is 0 Å². The topological polar surface area (TPSA) is 17.1 Å². The van der Waals surface area contributed by atoms with Gasteiger partial charge in [-0.2, -0.15) is 0 Å². The quantitative estimate of drug-likeness (QED) is 0.585. The molecule has 2 aromatic carbocycles. The molecule has 0 saturated heterocycles. The van der Waals surface area contributed by atoms with Crippen LogP contribution in [0.2, 0.25) is 5.02 Å². The van der Waals surface area contributed by atoms with Crippen LogP contribution >= 0.6 is 23.4 Å². The molecule has 0 amide bonds. The number of halogens is 2. The summed E-state index contributed by atoms with van der Waals surface area (Å²) in [7, 11) is 0. The summed E-state index contributed by atoms with van der Waals surface area (Å²) < 4.78 is 12.9. The summed E-state index contributed by atoms with van der Waals surface area (Å²) in [5.41, 5.74) is 1.59. The average molecular weight is 295 g/mol. The van der Waals surface area contributed by atoms with Gasteiger partial charge in [-0.05, 0) is 36.8 Å². The SMILES string of the molecule is CC(=O)c1ccc(SCc2ccc(F)cc2Cl)cc1. The Labute approximate surface area is 120 Å². The van der Waals surface area contributed by atoms with Crippen molar-refractivity contribution < 1.29 is 9.18 Å². The molecule has 0 radical (unpaired) electrons. The first-order chi connectivity index (χ1) is 9.06. The molecule has 0 fully saturated rings. The Morgan fingerprint density at radius 1 is 1.21 bits per heavy atom. The number of thioether (sulfide) groups is 1. The number of carbonyl (C=O) groups excluding carboxylic acids is 1. The highest BCUT2D eigenvalue weighted by atomic mass is 35.5. The summed E-state index contributed by atoms with van der Waals surface area (Å²) in [4.78, 5) is 12.2. The molecule has 0 spiro atoms. The van der Waals surface area contributed by atoms with Crippen LogP contribution in [0.3, 0.4) is 0 Å². The molecule has 0 unspecified atom stereocenters. The molecule has 1 nitrogen and oxygen atoms in total. The molecular formula is C15H12ClFOS. The van der Waals surface area contributed by atoms with E-state index in [0.717, 1.165) is 10.5 Å². The number of rotatable bonds is 4. The minimum Gasteiger partial charge on any atom is -0.295 e. The highest BCUT2D eigenvalue weighted by molar-refractivity contribution is 7.98. The zero-order valence-electron chi connectivity index (χ0n) is 10.3. The number of hydrogen-bond acceptors (Lipinski definition) is 2. The van der Waals surface area contributed by atoms with Crippen molar-refractivity contribution in [3.8, 4) is 0 Å². The molecule has 0 aromatic heterocycles. The van der Waals surface area contributed by atoms with E-state index >= 15 is 0 Å². The Hall–Kier alpha value is -1.32. The maximum atomic E-state index is 12.9. The zero-order chi connectivity index (χ0) is 13.8. The summed E-state index contributed by atoms with van der Waals surface area (Å²) in [5.74, 6) is 0.390. The first kappa shape index (κ1) is 14.1. The lowest BCUT2D eigenvalue weighted by atomic mass is 10.2. The second kappa shape index (κ2) is 6.22. The highest BCUT2D eigenvalue weighted by Crippen LogP contribution is 2.27. The van der Waals surface area contributed by atoms with E-state index in [-0.39, 0.29) is 11.6 Å². The number of Topliss-reactive ketones (excluding diaryl/α,β-unsaturated/α-hetero) is 1. The van der Waals surface area contributed by atoms with Gasteiger partial charge in [0.05, 0.1) is 0 Å². The van der Waals surface area contributed by atoms with Gasteiger partial charge in [-0.3, -0.25) is 4.79 Å². The molecule has 0 aliphatic carbocycles. The van der Waals surface area contributed by atoms with Gasteiger partial charge in [0.1, 0.15) is 5.82 Å². The lowest BCUT2D eigenvalue weighted by Gasteiger charge is -2.05. The van der Waals surface area contributed by atoms with E-state index in [9.17, 15) is 9.18 Å². The van der Waals surface area contributed by atoms with Crippen molar-refractivity contribution in [2.24, 2.45) is 0 Å². The van der Waals surface area contributed by atoms with Crippen LogP contribution in [0.15, 0.2) is 47.4 Å². The lowest BCUT2D eigenvalue weighted by molar-refractivity contribution is 0.101. The minimum absolute atomic E-state index is 0.0538. The van der Waals surface area contributed by atoms with E-state index in [1.54, 1.807) is 36.9 Å². The number of carbonyl (C=O) groups is 1. The molecule has 0 saturated carbocycles. The normalized spacial score (nSPS) is 10.5. The molecule has 19 heavy (non-hydrogen) atoms. The predicted octanol–water partition coefficient (Wildman–Crippen LogP) is 4.97. The van der Waals surface area contributed by atoms with Gasteiger partial charge in [0, 0.05) is 21.2 Å². The summed E-state index contributed by atoms with van der Waals surface area (Å²) in [6.45, 7) is 1.54. The van der Waals surface area contributed by atoms with Gasteiger partial charge < -0.3 is 0 Å². The monoisotopic (exact) mass is 294 g/mol. The van der Waals surface area contributed by atoms with Crippen LogP contribution in [0.1, 0.15) is 22.8 Å². The Bertz CT molecular complexity index is 596. The molecule has 0 bridgehead atoms. The maximum Gasteiger partial charge on any atom is 0.159 e. The average Bonchev–Trinajstić information content (AvgIpc) is 2.38. The van der Waals surface area contributed by atoms with Crippen molar-refractivity contribution >= 4 is 29.1 Å². The zero-order valence-corrected chi connectivity index (χ0v) is 11.9. The van der Waals surface area contributed by atoms with E-state index in [4.69, 9.17) is 11.6 Å². The van der Waals surface area contributed by atoms with Gasteiger partial charge in [-0.25, -0.2) is 4.39 Å². The maximum absolute atomic E-state index is 12.9. The van der Waals surface area contributed by atoms with Crippen LogP contribution in [0.4, 0.5) is 4.39 Å². The fraction of sp³-hybridized carbons (Fsp3) is 0.133. The molecule has 2 aromatic rings. The number of benzene rings is 2. The smallest absolute Gasteiger partial charge is 0.159 e. The molecular weight excluding hydrogens is 283 g/mol. The third-order valence-corrected chi connectivity index (χ3v) is 4.08. The number of ketones is 1. The first-order valence-corrected chi connectivity index (χ1v) is 7.10. The predicted molar refractivity (Wildman–Crippen MR) is 77.4 cm³/mol. The molecule has 0 heterocycles. The Morgan fingerprint density at radius 2 is 1.89 bits per heavy atom. The van der Waals surface area contributed by atoms with E-state index in [2.05, 4.69) is 0 Å².